The van der Waals surface area contributed by atoms with Crippen molar-refractivity contribution in [3.05, 3.63) is 66.2 Å². The molecule has 7 nitrogen and oxygen atoms in total. The van der Waals surface area contributed by atoms with Gasteiger partial charge in [-0.25, -0.2) is 13.4 Å². The third kappa shape index (κ3) is 5.69. The number of aromatic nitrogens is 1. The Morgan fingerprint density at radius 1 is 1.06 bits per heavy atom. The summed E-state index contributed by atoms with van der Waals surface area (Å²) in [7, 11) is -3.60. The number of amides is 1. The molecule has 0 radical (unpaired) electrons. The molecule has 174 valence electrons. The minimum Gasteiger partial charge on any atom is -0.441 e. The van der Waals surface area contributed by atoms with Crippen molar-refractivity contribution in [2.24, 2.45) is 0 Å². The lowest BCUT2D eigenvalue weighted by Crippen LogP contribution is -2.32. The molecule has 4 rings (SSSR count). The van der Waals surface area contributed by atoms with Crippen molar-refractivity contribution in [2.45, 2.75) is 50.3 Å². The van der Waals surface area contributed by atoms with Gasteiger partial charge in [-0.05, 0) is 37.5 Å². The Bertz CT molecular complexity index is 1200. The molecule has 1 saturated heterocycles. The number of nitrogens with one attached hydrogen (secondary N) is 1. The minimum atomic E-state index is -3.60. The van der Waals surface area contributed by atoms with Crippen LogP contribution in [0.2, 0.25) is 0 Å². The third-order valence-corrected chi connectivity index (χ3v) is 7.87. The zero-order valence-corrected chi connectivity index (χ0v) is 19.6. The molecule has 0 saturated carbocycles. The molecule has 2 aromatic carbocycles. The molecule has 1 aliphatic heterocycles. The van der Waals surface area contributed by atoms with Crippen molar-refractivity contribution in [3.63, 3.8) is 0 Å². The van der Waals surface area contributed by atoms with Crippen LogP contribution in [-0.4, -0.2) is 36.7 Å². The van der Waals surface area contributed by atoms with Crippen molar-refractivity contribution in [1.29, 1.82) is 0 Å². The summed E-state index contributed by atoms with van der Waals surface area (Å²) < 4.78 is 33.8. The molecule has 0 aliphatic carbocycles. The topological polar surface area (TPSA) is 92.5 Å². The van der Waals surface area contributed by atoms with E-state index in [2.05, 4.69) is 10.3 Å². The molecule has 0 spiro atoms. The van der Waals surface area contributed by atoms with Gasteiger partial charge in [0.25, 0.3) is 0 Å². The highest BCUT2D eigenvalue weighted by atomic mass is 32.2. The van der Waals surface area contributed by atoms with Gasteiger partial charge >= 0.3 is 0 Å². The maximum atomic E-state index is 13.2. The molecule has 1 aliphatic rings. The van der Waals surface area contributed by atoms with Gasteiger partial charge in [0.2, 0.25) is 15.9 Å². The van der Waals surface area contributed by atoms with Crippen LogP contribution in [0.4, 0.5) is 5.69 Å². The predicted molar refractivity (Wildman–Crippen MR) is 127 cm³/mol. The lowest BCUT2D eigenvalue weighted by molar-refractivity contribution is -0.116. The Hall–Kier alpha value is -2.97. The second-order valence-electron chi connectivity index (χ2n) is 8.33. The Morgan fingerprint density at radius 3 is 2.52 bits per heavy atom. The molecule has 8 heteroatoms. The van der Waals surface area contributed by atoms with Gasteiger partial charge in [-0.15, -0.1) is 0 Å². The second-order valence-corrected chi connectivity index (χ2v) is 10.2. The molecule has 1 amide bonds. The number of rotatable bonds is 7. The molecule has 0 atom stereocenters. The highest BCUT2D eigenvalue weighted by Gasteiger charge is 2.27. The van der Waals surface area contributed by atoms with Crippen molar-refractivity contribution in [1.82, 2.24) is 9.29 Å². The van der Waals surface area contributed by atoms with Gasteiger partial charge in [-0.3, -0.25) is 4.79 Å². The second kappa shape index (κ2) is 10.3. The van der Waals surface area contributed by atoms with E-state index in [1.807, 2.05) is 30.3 Å². The molecule has 0 unspecified atom stereocenters. The van der Waals surface area contributed by atoms with Crippen molar-refractivity contribution in [2.75, 3.05) is 18.4 Å². The van der Waals surface area contributed by atoms with Crippen molar-refractivity contribution in [3.8, 4) is 11.3 Å². The largest absolute Gasteiger partial charge is 0.441 e. The van der Waals surface area contributed by atoms with Crippen LogP contribution in [0.5, 0.6) is 0 Å². The zero-order valence-electron chi connectivity index (χ0n) is 18.8. The highest BCUT2D eigenvalue weighted by Crippen LogP contribution is 2.26. The number of carbonyl (C=O) groups is 1. The Balaban J connectivity index is 1.40. The monoisotopic (exact) mass is 467 g/mol. The van der Waals surface area contributed by atoms with Gasteiger partial charge in [-0.1, -0.05) is 49.2 Å². The van der Waals surface area contributed by atoms with E-state index in [9.17, 15) is 13.2 Å². The van der Waals surface area contributed by atoms with Crippen LogP contribution in [-0.2, 0) is 21.2 Å². The maximum absolute atomic E-state index is 13.2. The Labute approximate surface area is 194 Å². The van der Waals surface area contributed by atoms with Crippen molar-refractivity contribution < 1.29 is 17.6 Å². The van der Waals surface area contributed by atoms with Gasteiger partial charge in [0.05, 0.1) is 11.1 Å². The SMILES string of the molecule is Cc1ccc(NC(=O)CCc2ncc(-c3ccccc3)o2)cc1S(=O)(=O)N1CCCCCC1. The number of hydrogen-bond acceptors (Lipinski definition) is 5. The number of oxazole rings is 1. The van der Waals surface area contributed by atoms with Crippen molar-refractivity contribution >= 4 is 21.6 Å². The fourth-order valence-corrected chi connectivity index (χ4v) is 5.75. The molecule has 2 heterocycles. The first-order valence-corrected chi connectivity index (χ1v) is 12.8. The number of anilines is 1. The van der Waals surface area contributed by atoms with E-state index in [4.69, 9.17) is 4.42 Å². The molecule has 33 heavy (non-hydrogen) atoms. The van der Waals surface area contributed by atoms with Gasteiger partial charge < -0.3 is 9.73 Å². The standard InChI is InChI=1S/C25H29N3O4S/c1-19-11-12-21(17-23(19)33(30,31)28-15-7-2-3-8-16-28)27-24(29)13-14-25-26-18-22(32-25)20-9-5-4-6-10-20/h4-6,9-12,17-18H,2-3,7-8,13-16H2,1H3,(H,27,29). The predicted octanol–water partition coefficient (Wildman–Crippen LogP) is 4.79. The van der Waals surface area contributed by atoms with E-state index < -0.39 is 10.0 Å². The average molecular weight is 468 g/mol. The normalized spacial score (nSPS) is 15.2. The van der Waals surface area contributed by atoms with Crippen LogP contribution in [0.25, 0.3) is 11.3 Å². The Morgan fingerprint density at radius 2 is 1.79 bits per heavy atom. The van der Waals surface area contributed by atoms with Crippen LogP contribution < -0.4 is 5.32 Å². The Kier molecular flexibility index (Phi) is 7.25. The van der Waals surface area contributed by atoms with Crippen LogP contribution in [0.15, 0.2) is 64.0 Å². The van der Waals surface area contributed by atoms with E-state index in [1.54, 1.807) is 35.6 Å². The van der Waals surface area contributed by atoms with E-state index in [-0.39, 0.29) is 17.2 Å². The summed E-state index contributed by atoms with van der Waals surface area (Å²) >= 11 is 0. The molecule has 1 fully saturated rings. The summed E-state index contributed by atoms with van der Waals surface area (Å²) in [5.74, 6) is 0.918. The summed E-state index contributed by atoms with van der Waals surface area (Å²) in [5, 5.41) is 2.81. The van der Waals surface area contributed by atoms with E-state index in [0.29, 0.717) is 42.4 Å². The van der Waals surface area contributed by atoms with E-state index in [1.165, 1.54) is 0 Å². The minimum absolute atomic E-state index is 0.177. The lowest BCUT2D eigenvalue weighted by Gasteiger charge is -2.21. The number of hydrogen-bond donors (Lipinski definition) is 1. The van der Waals surface area contributed by atoms with Gasteiger partial charge in [0.1, 0.15) is 0 Å². The highest BCUT2D eigenvalue weighted by molar-refractivity contribution is 7.89. The van der Waals surface area contributed by atoms with E-state index >= 15 is 0 Å². The molecular formula is C25H29N3O4S. The number of nitrogens with zero attached hydrogens (tertiary/aromatic N) is 2. The molecule has 1 N–H and O–H groups in total. The molecule has 0 bridgehead atoms. The zero-order chi connectivity index (χ0) is 23.3. The summed E-state index contributed by atoms with van der Waals surface area (Å²) in [6.07, 6.45) is 6.04. The van der Waals surface area contributed by atoms with E-state index in [0.717, 1.165) is 31.2 Å². The van der Waals surface area contributed by atoms with Gasteiger partial charge in [0, 0.05) is 37.2 Å². The molecule has 1 aromatic heterocycles. The number of aryl methyl sites for hydroxylation is 2. The summed E-state index contributed by atoms with van der Waals surface area (Å²) in [4.78, 5) is 17.0. The fourth-order valence-electron chi connectivity index (χ4n) is 3.98. The van der Waals surface area contributed by atoms with Crippen LogP contribution in [0.3, 0.4) is 0 Å². The lowest BCUT2D eigenvalue weighted by atomic mass is 10.2. The van der Waals surface area contributed by atoms with Crippen LogP contribution in [0, 0.1) is 6.92 Å². The first-order valence-electron chi connectivity index (χ1n) is 11.3. The first kappa shape index (κ1) is 23.2. The van der Waals surface area contributed by atoms with Gasteiger partial charge in [-0.2, -0.15) is 4.31 Å². The van der Waals surface area contributed by atoms with Crippen LogP contribution in [0.1, 0.15) is 43.6 Å². The van der Waals surface area contributed by atoms with Gasteiger partial charge in [0.15, 0.2) is 11.7 Å². The third-order valence-electron chi connectivity index (χ3n) is 5.83. The summed E-state index contributed by atoms with van der Waals surface area (Å²) in [6, 6.07) is 14.7. The number of carbonyl (C=O) groups excluding carboxylic acids is 1. The summed E-state index contributed by atoms with van der Waals surface area (Å²) in [6.45, 7) is 2.86. The average Bonchev–Trinajstić information content (AvgIpc) is 3.11. The molecular weight excluding hydrogens is 438 g/mol. The number of sulfonamides is 1. The van der Waals surface area contributed by atoms with Crippen LogP contribution >= 0.6 is 0 Å². The first-order chi connectivity index (χ1) is 15.9. The quantitative estimate of drug-likeness (QED) is 0.540. The smallest absolute Gasteiger partial charge is 0.243 e. The maximum Gasteiger partial charge on any atom is 0.243 e. The molecule has 3 aromatic rings. The number of benzene rings is 2. The fraction of sp³-hybridized carbons (Fsp3) is 0.360. The summed E-state index contributed by atoms with van der Waals surface area (Å²) in [5.41, 5.74) is 2.07.